The summed E-state index contributed by atoms with van der Waals surface area (Å²) < 4.78 is 21.3. The van der Waals surface area contributed by atoms with E-state index in [0.29, 0.717) is 25.7 Å². The smallest absolute Gasteiger partial charge is 0.326 e. The topological polar surface area (TPSA) is 271 Å². The standard InChI is InChI=1S/C41H75N5O13/c42-34(31-47)17-15-16-22-43-38(50)32-58-29-28-57-26-24-45-39(51)33-59-30-27-56-25-23-44-36(48)21-20-35(41(54)55)46-37(49)18-13-11-9-7-5-3-1-2-4-6-8-10-12-14-19-40(52)53/h31,34-35H,1-30,32-33,42H2,(H,43,50)(H,44,48)(H,45,51)(H,46,49)(H,52,53)(H,54,55). The summed E-state index contributed by atoms with van der Waals surface area (Å²) in [6, 6.07) is -1.60. The van der Waals surface area contributed by atoms with Gasteiger partial charge in [0.1, 0.15) is 25.5 Å². The SMILES string of the molecule is NC(C=O)CCCCNC(=O)COCCOCCNC(=O)COCCOCCNC(=O)CCC(NC(=O)CCCCCCCCCCCCCCCCC(=O)O)C(=O)O. The summed E-state index contributed by atoms with van der Waals surface area (Å²) in [6.45, 7) is 2.03. The number of nitrogens with one attached hydrogen (secondary N) is 4. The molecule has 0 saturated carbocycles. The van der Waals surface area contributed by atoms with Gasteiger partial charge in [0, 0.05) is 38.9 Å². The Balaban J connectivity index is 3.64. The highest BCUT2D eigenvalue weighted by Gasteiger charge is 2.20. The molecule has 0 aromatic heterocycles. The lowest BCUT2D eigenvalue weighted by molar-refractivity contribution is -0.142. The second kappa shape index (κ2) is 41.0. The van der Waals surface area contributed by atoms with E-state index in [0.717, 1.165) is 51.4 Å². The van der Waals surface area contributed by atoms with E-state index in [1.165, 1.54) is 44.9 Å². The van der Waals surface area contributed by atoms with Crippen LogP contribution in [-0.4, -0.2) is 137 Å². The molecular weight excluding hydrogens is 770 g/mol. The molecule has 0 bridgehead atoms. The van der Waals surface area contributed by atoms with Crippen LogP contribution in [-0.2, 0) is 52.5 Å². The lowest BCUT2D eigenvalue weighted by Gasteiger charge is -2.14. The molecule has 0 radical (unpaired) electrons. The fraction of sp³-hybridized carbons (Fsp3) is 0.829. The van der Waals surface area contributed by atoms with E-state index in [2.05, 4.69) is 21.3 Å². The number of unbranched alkanes of at least 4 members (excludes halogenated alkanes) is 14. The van der Waals surface area contributed by atoms with Gasteiger partial charge in [-0.25, -0.2) is 4.79 Å². The van der Waals surface area contributed by atoms with E-state index in [1.807, 2.05) is 0 Å². The predicted octanol–water partition coefficient (Wildman–Crippen LogP) is 2.77. The Bertz CT molecular complexity index is 1130. The number of rotatable bonds is 44. The zero-order valence-electron chi connectivity index (χ0n) is 35.3. The van der Waals surface area contributed by atoms with Crippen molar-refractivity contribution < 1.29 is 62.7 Å². The van der Waals surface area contributed by atoms with Crippen LogP contribution in [0.25, 0.3) is 0 Å². The molecule has 0 aliphatic rings. The molecule has 2 atom stereocenters. The molecule has 59 heavy (non-hydrogen) atoms. The normalized spacial score (nSPS) is 12.0. The maximum atomic E-state index is 12.3. The van der Waals surface area contributed by atoms with Gasteiger partial charge in [0.2, 0.25) is 23.6 Å². The third kappa shape index (κ3) is 40.8. The zero-order chi connectivity index (χ0) is 43.6. The van der Waals surface area contributed by atoms with Crippen LogP contribution in [0.15, 0.2) is 0 Å². The number of hydrogen-bond donors (Lipinski definition) is 7. The predicted molar refractivity (Wildman–Crippen MR) is 221 cm³/mol. The summed E-state index contributed by atoms with van der Waals surface area (Å²) in [7, 11) is 0. The van der Waals surface area contributed by atoms with Crippen LogP contribution in [0.5, 0.6) is 0 Å². The first-order chi connectivity index (χ1) is 28.5. The van der Waals surface area contributed by atoms with E-state index >= 15 is 0 Å². The van der Waals surface area contributed by atoms with Gasteiger partial charge in [-0.2, -0.15) is 0 Å². The summed E-state index contributed by atoms with van der Waals surface area (Å²) >= 11 is 0. The quantitative estimate of drug-likeness (QED) is 0.0344. The molecule has 0 aromatic carbocycles. The number of nitrogens with two attached hydrogens (primary N) is 1. The number of carbonyl (C=O) groups is 7. The Morgan fingerprint density at radius 1 is 0.475 bits per heavy atom. The first-order valence-electron chi connectivity index (χ1n) is 21.6. The summed E-state index contributed by atoms with van der Waals surface area (Å²) in [5.74, 6) is -3.15. The number of carbonyl (C=O) groups excluding carboxylic acids is 5. The molecule has 342 valence electrons. The van der Waals surface area contributed by atoms with Crippen LogP contribution < -0.4 is 27.0 Å². The monoisotopic (exact) mass is 846 g/mol. The summed E-state index contributed by atoms with van der Waals surface area (Å²) in [4.78, 5) is 80.7. The second-order valence-corrected chi connectivity index (χ2v) is 14.5. The Labute approximate surface area is 350 Å². The molecule has 0 aliphatic heterocycles. The van der Waals surface area contributed by atoms with E-state index < -0.39 is 24.0 Å². The minimum absolute atomic E-state index is 0.0269. The molecule has 8 N–H and O–H groups in total. The van der Waals surface area contributed by atoms with Crippen molar-refractivity contribution in [1.82, 2.24) is 21.3 Å². The van der Waals surface area contributed by atoms with Gasteiger partial charge in [-0.15, -0.1) is 0 Å². The minimum atomic E-state index is -1.18. The van der Waals surface area contributed by atoms with Crippen LogP contribution in [0, 0.1) is 0 Å². The summed E-state index contributed by atoms with van der Waals surface area (Å²) in [5, 5.41) is 28.7. The highest BCUT2D eigenvalue weighted by atomic mass is 16.5. The molecule has 0 aromatic rings. The van der Waals surface area contributed by atoms with Gasteiger partial charge >= 0.3 is 11.9 Å². The molecule has 18 heteroatoms. The van der Waals surface area contributed by atoms with E-state index in [1.54, 1.807) is 0 Å². The Morgan fingerprint density at radius 3 is 1.39 bits per heavy atom. The largest absolute Gasteiger partial charge is 0.481 e. The molecule has 0 rings (SSSR count). The molecular formula is C41H75N5O13. The lowest BCUT2D eigenvalue weighted by Crippen LogP contribution is -2.41. The van der Waals surface area contributed by atoms with E-state index in [9.17, 15) is 38.7 Å². The number of carboxylic acids is 2. The molecule has 0 aliphatic carbocycles. The molecule has 18 nitrogen and oxygen atoms in total. The van der Waals surface area contributed by atoms with Crippen LogP contribution in [0.4, 0.5) is 0 Å². The van der Waals surface area contributed by atoms with Gasteiger partial charge in [-0.3, -0.25) is 24.0 Å². The third-order valence-corrected chi connectivity index (χ3v) is 9.15. The minimum Gasteiger partial charge on any atom is -0.481 e. The Morgan fingerprint density at radius 2 is 0.915 bits per heavy atom. The van der Waals surface area contributed by atoms with Gasteiger partial charge in [0.05, 0.1) is 45.7 Å². The van der Waals surface area contributed by atoms with Crippen molar-refractivity contribution in [1.29, 1.82) is 0 Å². The van der Waals surface area contributed by atoms with Crippen LogP contribution in [0.2, 0.25) is 0 Å². The molecule has 0 fully saturated rings. The zero-order valence-corrected chi connectivity index (χ0v) is 35.3. The maximum Gasteiger partial charge on any atom is 0.326 e. The number of amides is 4. The van der Waals surface area contributed by atoms with Crippen molar-refractivity contribution in [2.45, 2.75) is 147 Å². The average Bonchev–Trinajstić information content (AvgIpc) is 3.20. The average molecular weight is 846 g/mol. The summed E-state index contributed by atoms with van der Waals surface area (Å²) in [5.41, 5.74) is 5.51. The Hall–Kier alpha value is -3.71. The van der Waals surface area contributed by atoms with Gasteiger partial charge in [0.25, 0.3) is 0 Å². The number of aliphatic carboxylic acids is 2. The highest BCUT2D eigenvalue weighted by Crippen LogP contribution is 2.14. The maximum absolute atomic E-state index is 12.3. The number of aldehydes is 1. The molecule has 2 unspecified atom stereocenters. The van der Waals surface area contributed by atoms with Crippen molar-refractivity contribution in [2.24, 2.45) is 5.73 Å². The fourth-order valence-electron chi connectivity index (χ4n) is 5.77. The molecule has 0 spiro atoms. The molecule has 0 heterocycles. The third-order valence-electron chi connectivity index (χ3n) is 9.15. The van der Waals surface area contributed by atoms with Gasteiger partial charge in [0.15, 0.2) is 0 Å². The van der Waals surface area contributed by atoms with Crippen LogP contribution >= 0.6 is 0 Å². The van der Waals surface area contributed by atoms with Crippen LogP contribution in [0.1, 0.15) is 135 Å². The first-order valence-corrected chi connectivity index (χ1v) is 21.6. The van der Waals surface area contributed by atoms with Crippen molar-refractivity contribution in [3.8, 4) is 0 Å². The fourth-order valence-corrected chi connectivity index (χ4v) is 5.77. The van der Waals surface area contributed by atoms with E-state index in [-0.39, 0.29) is 115 Å². The van der Waals surface area contributed by atoms with Crippen molar-refractivity contribution in [3.05, 3.63) is 0 Å². The molecule has 0 saturated heterocycles. The first kappa shape index (κ1) is 55.3. The van der Waals surface area contributed by atoms with E-state index in [4.69, 9.17) is 29.8 Å². The number of ether oxygens (including phenoxy) is 4. The Kier molecular flexibility index (Phi) is 38.5. The van der Waals surface area contributed by atoms with Crippen molar-refractivity contribution >= 4 is 41.9 Å². The lowest BCUT2D eigenvalue weighted by atomic mass is 10.0. The van der Waals surface area contributed by atoms with Crippen molar-refractivity contribution in [3.63, 3.8) is 0 Å². The molecule has 4 amide bonds. The van der Waals surface area contributed by atoms with Gasteiger partial charge in [-0.1, -0.05) is 77.0 Å². The highest BCUT2D eigenvalue weighted by molar-refractivity contribution is 5.84. The van der Waals surface area contributed by atoms with Crippen molar-refractivity contribution in [2.75, 3.05) is 72.5 Å². The number of carboxylic acid groups (broad SMARTS) is 2. The van der Waals surface area contributed by atoms with Crippen LogP contribution in [0.3, 0.4) is 0 Å². The van der Waals surface area contributed by atoms with Gasteiger partial charge < -0.3 is 61.0 Å². The summed E-state index contributed by atoms with van der Waals surface area (Å²) in [6.07, 6.45) is 18.2. The number of hydrogen-bond acceptors (Lipinski definition) is 12. The second-order valence-electron chi connectivity index (χ2n) is 14.5. The van der Waals surface area contributed by atoms with Gasteiger partial charge in [-0.05, 0) is 38.5 Å².